The summed E-state index contributed by atoms with van der Waals surface area (Å²) in [4.78, 5) is 0. The van der Waals surface area contributed by atoms with Gasteiger partial charge in [-0.15, -0.1) is 0 Å². The van der Waals surface area contributed by atoms with Gasteiger partial charge in [0.1, 0.15) is 17.6 Å². The minimum Gasteiger partial charge on any atom is -0.507 e. The molecule has 0 radical (unpaired) electrons. The summed E-state index contributed by atoms with van der Waals surface area (Å²) in [6.45, 7) is 7.62. The van der Waals surface area contributed by atoms with E-state index in [1.165, 1.54) is 5.57 Å². The van der Waals surface area contributed by atoms with E-state index in [1.807, 2.05) is 30.3 Å². The maximum Gasteiger partial charge on any atom is 0.131 e. The van der Waals surface area contributed by atoms with E-state index >= 15 is 0 Å². The summed E-state index contributed by atoms with van der Waals surface area (Å²) in [5, 5.41) is 21.0. The lowest BCUT2D eigenvalue weighted by molar-refractivity contribution is -0.0230. The van der Waals surface area contributed by atoms with Gasteiger partial charge >= 0.3 is 0 Å². The molecule has 3 heteroatoms. The summed E-state index contributed by atoms with van der Waals surface area (Å²) in [7, 11) is 0. The summed E-state index contributed by atoms with van der Waals surface area (Å²) < 4.78 is 5.97. The van der Waals surface area contributed by atoms with Crippen LogP contribution >= 0.6 is 0 Å². The van der Waals surface area contributed by atoms with E-state index in [4.69, 9.17) is 4.74 Å². The molecule has 2 aromatic rings. The molecule has 0 saturated heterocycles. The number of ether oxygens (including phenoxy) is 1. The number of fused-ring (bicyclic) bond motifs is 1. The van der Waals surface area contributed by atoms with Crippen LogP contribution in [0.1, 0.15) is 49.9 Å². The molecule has 1 atom stereocenters. The number of hydrogen-bond acceptors (Lipinski definition) is 3. The van der Waals surface area contributed by atoms with E-state index in [0.717, 1.165) is 22.3 Å². The lowest BCUT2D eigenvalue weighted by Gasteiger charge is -2.24. The first-order valence-electron chi connectivity index (χ1n) is 9.39. The van der Waals surface area contributed by atoms with Crippen molar-refractivity contribution >= 4 is 12.2 Å². The lowest BCUT2D eigenvalue weighted by Crippen LogP contribution is -2.39. The number of rotatable bonds is 5. The molecule has 0 unspecified atom stereocenters. The van der Waals surface area contributed by atoms with E-state index in [9.17, 15) is 10.2 Å². The molecular formula is C24H28O3. The highest BCUT2D eigenvalue weighted by Gasteiger charge is 2.36. The third kappa shape index (κ3) is 4.42. The molecule has 0 aliphatic carbocycles. The van der Waals surface area contributed by atoms with Crippen LogP contribution in [0.4, 0.5) is 0 Å². The predicted molar refractivity (Wildman–Crippen MR) is 111 cm³/mol. The van der Waals surface area contributed by atoms with Gasteiger partial charge in [0.05, 0.1) is 5.60 Å². The summed E-state index contributed by atoms with van der Waals surface area (Å²) in [5.74, 6) is 0.892. The van der Waals surface area contributed by atoms with Gasteiger partial charge in [0.15, 0.2) is 0 Å². The molecule has 27 heavy (non-hydrogen) atoms. The Morgan fingerprint density at radius 1 is 1.19 bits per heavy atom. The zero-order valence-electron chi connectivity index (χ0n) is 16.5. The van der Waals surface area contributed by atoms with E-state index in [2.05, 4.69) is 32.1 Å². The van der Waals surface area contributed by atoms with Crippen molar-refractivity contribution < 1.29 is 14.9 Å². The van der Waals surface area contributed by atoms with Crippen LogP contribution in [-0.4, -0.2) is 21.9 Å². The van der Waals surface area contributed by atoms with Crippen LogP contribution < -0.4 is 4.74 Å². The topological polar surface area (TPSA) is 49.7 Å². The van der Waals surface area contributed by atoms with Crippen molar-refractivity contribution in [3.8, 4) is 11.5 Å². The van der Waals surface area contributed by atoms with Crippen LogP contribution in [0, 0.1) is 0 Å². The Morgan fingerprint density at radius 3 is 2.52 bits per heavy atom. The van der Waals surface area contributed by atoms with Gasteiger partial charge in [-0.2, -0.15) is 0 Å². The van der Waals surface area contributed by atoms with Gasteiger partial charge in [0.25, 0.3) is 0 Å². The second kappa shape index (κ2) is 7.61. The second-order valence-electron chi connectivity index (χ2n) is 7.96. The molecule has 0 fully saturated rings. The molecule has 1 heterocycles. The van der Waals surface area contributed by atoms with Crippen LogP contribution in [-0.2, 0) is 12.8 Å². The minimum atomic E-state index is -0.949. The highest BCUT2D eigenvalue weighted by Crippen LogP contribution is 2.42. The van der Waals surface area contributed by atoms with Gasteiger partial charge in [0.2, 0.25) is 0 Å². The zero-order chi connectivity index (χ0) is 19.6. The molecule has 1 aliphatic rings. The average Bonchev–Trinajstić information content (AvgIpc) is 3.03. The number of aliphatic hydroxyl groups is 1. The first kappa shape index (κ1) is 19.2. The Balaban J connectivity index is 2.07. The van der Waals surface area contributed by atoms with Crippen LogP contribution in [0.5, 0.6) is 11.5 Å². The minimum absolute atomic E-state index is 0.232. The fourth-order valence-corrected chi connectivity index (χ4v) is 3.31. The fraction of sp³-hybridized carbons (Fsp3) is 0.333. The van der Waals surface area contributed by atoms with Gasteiger partial charge in [-0.1, -0.05) is 54.1 Å². The molecule has 3 nitrogen and oxygen atoms in total. The maximum atomic E-state index is 10.6. The van der Waals surface area contributed by atoms with Crippen LogP contribution in [0.2, 0.25) is 0 Å². The number of phenols is 1. The molecular weight excluding hydrogens is 336 g/mol. The number of aromatic hydroxyl groups is 1. The number of phenolic OH excluding ortho intramolecular Hbond substituents is 1. The SMILES string of the molecule is CC(C)=CCc1c(O)cc2c(c1/C=C\c1ccccc1)C[C@@H](C(C)(C)O)O2. The Morgan fingerprint density at radius 2 is 1.89 bits per heavy atom. The van der Waals surface area contributed by atoms with Gasteiger partial charge in [-0.3, -0.25) is 0 Å². The van der Waals surface area contributed by atoms with Gasteiger partial charge in [-0.25, -0.2) is 0 Å². The molecule has 1 aliphatic heterocycles. The van der Waals surface area contributed by atoms with Crippen molar-refractivity contribution in [1.82, 2.24) is 0 Å². The van der Waals surface area contributed by atoms with Crippen molar-refractivity contribution in [2.75, 3.05) is 0 Å². The van der Waals surface area contributed by atoms with Crippen molar-refractivity contribution in [2.24, 2.45) is 0 Å². The Hall–Kier alpha value is -2.52. The first-order valence-corrected chi connectivity index (χ1v) is 9.39. The summed E-state index contributed by atoms with van der Waals surface area (Å²) in [6.07, 6.45) is 7.18. The van der Waals surface area contributed by atoms with Crippen molar-refractivity contribution in [1.29, 1.82) is 0 Å². The normalized spacial score (nSPS) is 16.3. The monoisotopic (exact) mass is 364 g/mol. The molecule has 0 saturated carbocycles. The van der Waals surface area contributed by atoms with E-state index in [-0.39, 0.29) is 11.9 Å². The van der Waals surface area contributed by atoms with Crippen LogP contribution in [0.25, 0.3) is 12.2 Å². The second-order valence-corrected chi connectivity index (χ2v) is 7.96. The molecule has 0 aromatic heterocycles. The molecule has 2 aromatic carbocycles. The average molecular weight is 364 g/mol. The standard InChI is InChI=1S/C24H28O3/c1-16(2)10-12-19-18(13-11-17-8-6-5-7-9-17)20-14-23(24(3,4)26)27-22(20)15-21(19)25/h5-11,13,15,23,25-26H,12,14H2,1-4H3/b13-11-/t23-/m0/s1. The first-order chi connectivity index (χ1) is 12.8. The molecule has 142 valence electrons. The zero-order valence-corrected chi connectivity index (χ0v) is 16.5. The van der Waals surface area contributed by atoms with E-state index in [0.29, 0.717) is 18.6 Å². The third-order valence-electron chi connectivity index (χ3n) is 4.93. The number of hydrogen-bond donors (Lipinski definition) is 2. The van der Waals surface area contributed by atoms with Crippen LogP contribution in [0.15, 0.2) is 48.0 Å². The van der Waals surface area contributed by atoms with Gasteiger partial charge in [-0.05, 0) is 45.2 Å². The van der Waals surface area contributed by atoms with E-state index in [1.54, 1.807) is 19.9 Å². The molecule has 3 rings (SSSR count). The molecule has 0 spiro atoms. The largest absolute Gasteiger partial charge is 0.507 e. The Labute approximate surface area is 161 Å². The highest BCUT2D eigenvalue weighted by molar-refractivity contribution is 5.76. The number of benzene rings is 2. The smallest absolute Gasteiger partial charge is 0.131 e. The number of allylic oxidation sites excluding steroid dienone is 2. The van der Waals surface area contributed by atoms with Crippen molar-refractivity contribution in [3.05, 3.63) is 70.3 Å². The maximum absolute atomic E-state index is 10.6. The fourth-order valence-electron chi connectivity index (χ4n) is 3.31. The van der Waals surface area contributed by atoms with E-state index < -0.39 is 5.60 Å². The van der Waals surface area contributed by atoms with Gasteiger partial charge in [0, 0.05) is 23.6 Å². The lowest BCUT2D eigenvalue weighted by atomic mass is 9.90. The third-order valence-corrected chi connectivity index (χ3v) is 4.93. The summed E-state index contributed by atoms with van der Waals surface area (Å²) >= 11 is 0. The Kier molecular flexibility index (Phi) is 5.43. The predicted octanol–water partition coefficient (Wildman–Crippen LogP) is 5.15. The van der Waals surface area contributed by atoms with Gasteiger partial charge < -0.3 is 14.9 Å². The Bertz CT molecular complexity index is 867. The highest BCUT2D eigenvalue weighted by atomic mass is 16.5. The molecule has 0 bridgehead atoms. The summed E-state index contributed by atoms with van der Waals surface area (Å²) in [6, 6.07) is 11.8. The van der Waals surface area contributed by atoms with Crippen molar-refractivity contribution in [3.63, 3.8) is 0 Å². The van der Waals surface area contributed by atoms with Crippen LogP contribution in [0.3, 0.4) is 0 Å². The summed E-state index contributed by atoms with van der Waals surface area (Å²) in [5.41, 5.74) is 4.28. The molecule has 2 N–H and O–H groups in total. The quantitative estimate of drug-likeness (QED) is 0.570. The molecule has 0 amide bonds. The van der Waals surface area contributed by atoms with Crippen molar-refractivity contribution in [2.45, 2.75) is 52.2 Å².